The summed E-state index contributed by atoms with van der Waals surface area (Å²) in [5.41, 5.74) is 2.77. The van der Waals surface area contributed by atoms with Crippen molar-refractivity contribution in [3.63, 3.8) is 0 Å². The highest BCUT2D eigenvalue weighted by molar-refractivity contribution is 6.31. The van der Waals surface area contributed by atoms with Crippen LogP contribution in [0.5, 0.6) is 5.75 Å². The Morgan fingerprint density at radius 2 is 2.19 bits per heavy atom. The van der Waals surface area contributed by atoms with Crippen LogP contribution in [0.1, 0.15) is 11.3 Å². The predicted octanol–water partition coefficient (Wildman–Crippen LogP) is 2.54. The summed E-state index contributed by atoms with van der Waals surface area (Å²) in [4.78, 5) is 0. The molecule has 0 bridgehead atoms. The molecule has 114 valence electrons. The van der Waals surface area contributed by atoms with Gasteiger partial charge in [0.2, 0.25) is 0 Å². The average molecular weight is 310 g/mol. The van der Waals surface area contributed by atoms with Gasteiger partial charge in [0, 0.05) is 24.8 Å². The van der Waals surface area contributed by atoms with Crippen molar-refractivity contribution in [2.24, 2.45) is 7.05 Å². The molecule has 1 aromatic carbocycles. The fourth-order valence-electron chi connectivity index (χ4n) is 1.96. The molecule has 0 spiro atoms. The summed E-state index contributed by atoms with van der Waals surface area (Å²) >= 11 is 5.95. The first-order chi connectivity index (χ1) is 9.95. The molecule has 2 aromatic rings. The van der Waals surface area contributed by atoms with Gasteiger partial charge in [-0.3, -0.25) is 4.68 Å². The fourth-order valence-corrected chi connectivity index (χ4v) is 2.08. The van der Waals surface area contributed by atoms with Gasteiger partial charge >= 0.3 is 0 Å². The zero-order chi connectivity index (χ0) is 15.4. The molecule has 2 rings (SSSR count). The number of aliphatic hydroxyl groups excluding tert-OH is 1. The molecule has 0 saturated carbocycles. The SMILES string of the molecule is Cc1cc(OCC(O)CNc2cn(C)nc2C)ccc1Cl. The number of rotatable bonds is 6. The summed E-state index contributed by atoms with van der Waals surface area (Å²) in [5, 5.41) is 18.0. The van der Waals surface area contributed by atoms with E-state index in [2.05, 4.69) is 10.4 Å². The number of nitrogens with zero attached hydrogens (tertiary/aromatic N) is 2. The molecule has 1 unspecified atom stereocenters. The van der Waals surface area contributed by atoms with Gasteiger partial charge in [-0.1, -0.05) is 11.6 Å². The topological polar surface area (TPSA) is 59.3 Å². The maximum absolute atomic E-state index is 9.95. The maximum Gasteiger partial charge on any atom is 0.119 e. The van der Waals surface area contributed by atoms with Crippen LogP contribution < -0.4 is 10.1 Å². The van der Waals surface area contributed by atoms with E-state index in [4.69, 9.17) is 16.3 Å². The van der Waals surface area contributed by atoms with E-state index in [9.17, 15) is 5.11 Å². The Hall–Kier alpha value is -1.72. The average Bonchev–Trinajstić information content (AvgIpc) is 2.76. The van der Waals surface area contributed by atoms with Gasteiger partial charge in [0.05, 0.1) is 11.4 Å². The zero-order valence-corrected chi connectivity index (χ0v) is 13.2. The molecule has 5 nitrogen and oxygen atoms in total. The van der Waals surface area contributed by atoms with Crippen molar-refractivity contribution in [1.82, 2.24) is 9.78 Å². The number of hydrogen-bond acceptors (Lipinski definition) is 4. The van der Waals surface area contributed by atoms with Gasteiger partial charge in [-0.25, -0.2) is 0 Å². The van der Waals surface area contributed by atoms with Crippen LogP contribution in [0.15, 0.2) is 24.4 Å². The summed E-state index contributed by atoms with van der Waals surface area (Å²) in [7, 11) is 1.86. The molecule has 0 aliphatic carbocycles. The van der Waals surface area contributed by atoms with E-state index in [1.54, 1.807) is 16.8 Å². The minimum atomic E-state index is -0.611. The molecule has 0 aliphatic rings. The molecule has 0 radical (unpaired) electrons. The van der Waals surface area contributed by atoms with Gasteiger partial charge in [0.25, 0.3) is 0 Å². The molecule has 21 heavy (non-hydrogen) atoms. The molecule has 1 heterocycles. The van der Waals surface area contributed by atoms with Crippen LogP contribution in [0, 0.1) is 13.8 Å². The Bertz CT molecular complexity index is 613. The number of hydrogen-bond donors (Lipinski definition) is 2. The Balaban J connectivity index is 1.80. The highest BCUT2D eigenvalue weighted by Gasteiger charge is 2.08. The highest BCUT2D eigenvalue weighted by atomic mass is 35.5. The first-order valence-corrected chi connectivity index (χ1v) is 7.14. The minimum absolute atomic E-state index is 0.216. The lowest BCUT2D eigenvalue weighted by Gasteiger charge is -2.14. The Morgan fingerprint density at radius 1 is 1.43 bits per heavy atom. The van der Waals surface area contributed by atoms with Crippen LogP contribution in [-0.4, -0.2) is 34.1 Å². The predicted molar refractivity (Wildman–Crippen MR) is 84.1 cm³/mol. The zero-order valence-electron chi connectivity index (χ0n) is 12.4. The van der Waals surface area contributed by atoms with Gasteiger partial charge in [-0.15, -0.1) is 0 Å². The van der Waals surface area contributed by atoms with Gasteiger partial charge < -0.3 is 15.2 Å². The summed E-state index contributed by atoms with van der Waals surface area (Å²) < 4.78 is 7.29. The van der Waals surface area contributed by atoms with Crippen LogP contribution in [0.25, 0.3) is 0 Å². The van der Waals surface area contributed by atoms with E-state index in [-0.39, 0.29) is 6.61 Å². The number of aliphatic hydroxyl groups is 1. The monoisotopic (exact) mass is 309 g/mol. The lowest BCUT2D eigenvalue weighted by Crippen LogP contribution is -2.26. The molecule has 0 fully saturated rings. The molecule has 0 amide bonds. The lowest BCUT2D eigenvalue weighted by molar-refractivity contribution is 0.117. The number of anilines is 1. The maximum atomic E-state index is 9.95. The Labute approximate surface area is 129 Å². The molecular weight excluding hydrogens is 290 g/mol. The first kappa shape index (κ1) is 15.7. The third-order valence-corrected chi connectivity index (χ3v) is 3.54. The standard InChI is InChI=1S/C15H20ClN3O2/c1-10-6-13(4-5-14(10)16)21-9-12(20)7-17-15-8-19(3)18-11(15)2/h4-6,8,12,17,20H,7,9H2,1-3H3. The van der Waals surface area contributed by atoms with Crippen LogP contribution >= 0.6 is 11.6 Å². The van der Waals surface area contributed by atoms with Crippen molar-refractivity contribution in [2.75, 3.05) is 18.5 Å². The van der Waals surface area contributed by atoms with Crippen molar-refractivity contribution in [3.05, 3.63) is 40.7 Å². The fraction of sp³-hybridized carbons (Fsp3) is 0.400. The second kappa shape index (κ2) is 6.83. The normalized spacial score (nSPS) is 12.2. The van der Waals surface area contributed by atoms with E-state index in [1.807, 2.05) is 33.2 Å². The smallest absolute Gasteiger partial charge is 0.119 e. The summed E-state index contributed by atoms with van der Waals surface area (Å²) in [6.45, 7) is 4.45. The molecule has 6 heteroatoms. The van der Waals surface area contributed by atoms with Crippen LogP contribution in [0.3, 0.4) is 0 Å². The number of aryl methyl sites for hydroxylation is 3. The lowest BCUT2D eigenvalue weighted by atomic mass is 10.2. The molecule has 2 N–H and O–H groups in total. The molecule has 1 atom stereocenters. The van der Waals surface area contributed by atoms with Gasteiger partial charge in [-0.05, 0) is 37.6 Å². The van der Waals surface area contributed by atoms with Crippen LogP contribution in [0.4, 0.5) is 5.69 Å². The highest BCUT2D eigenvalue weighted by Crippen LogP contribution is 2.21. The first-order valence-electron chi connectivity index (χ1n) is 6.77. The molecular formula is C15H20ClN3O2. The second-order valence-electron chi connectivity index (χ2n) is 5.06. The van der Waals surface area contributed by atoms with Gasteiger partial charge in [0.15, 0.2) is 0 Å². The van der Waals surface area contributed by atoms with Crippen molar-refractivity contribution < 1.29 is 9.84 Å². The minimum Gasteiger partial charge on any atom is -0.491 e. The molecule has 1 aromatic heterocycles. The summed E-state index contributed by atoms with van der Waals surface area (Å²) in [6, 6.07) is 5.43. The van der Waals surface area contributed by atoms with Crippen LogP contribution in [-0.2, 0) is 7.05 Å². The molecule has 0 saturated heterocycles. The van der Waals surface area contributed by atoms with E-state index in [0.29, 0.717) is 17.3 Å². The summed E-state index contributed by atoms with van der Waals surface area (Å²) in [5.74, 6) is 0.702. The third kappa shape index (κ3) is 4.37. The van der Waals surface area contributed by atoms with Crippen molar-refractivity contribution in [2.45, 2.75) is 20.0 Å². The van der Waals surface area contributed by atoms with Gasteiger partial charge in [-0.2, -0.15) is 5.10 Å². The van der Waals surface area contributed by atoms with Gasteiger partial charge in [0.1, 0.15) is 18.5 Å². The van der Waals surface area contributed by atoms with Crippen LogP contribution in [0.2, 0.25) is 5.02 Å². The van der Waals surface area contributed by atoms with Crippen molar-refractivity contribution >= 4 is 17.3 Å². The van der Waals surface area contributed by atoms with E-state index < -0.39 is 6.10 Å². The quantitative estimate of drug-likeness (QED) is 0.861. The number of aromatic nitrogens is 2. The van der Waals surface area contributed by atoms with Crippen molar-refractivity contribution in [3.8, 4) is 5.75 Å². The number of nitrogens with one attached hydrogen (secondary N) is 1. The Kier molecular flexibility index (Phi) is 5.09. The number of halogens is 1. The number of benzene rings is 1. The van der Waals surface area contributed by atoms with E-state index >= 15 is 0 Å². The Morgan fingerprint density at radius 3 is 2.81 bits per heavy atom. The van der Waals surface area contributed by atoms with E-state index in [1.165, 1.54) is 0 Å². The summed E-state index contributed by atoms with van der Waals surface area (Å²) in [6.07, 6.45) is 1.27. The third-order valence-electron chi connectivity index (χ3n) is 3.11. The molecule has 0 aliphatic heterocycles. The second-order valence-corrected chi connectivity index (χ2v) is 5.47. The van der Waals surface area contributed by atoms with E-state index in [0.717, 1.165) is 16.9 Å². The largest absolute Gasteiger partial charge is 0.491 e. The number of ether oxygens (including phenoxy) is 1. The van der Waals surface area contributed by atoms with Crippen molar-refractivity contribution in [1.29, 1.82) is 0 Å².